The second-order valence-corrected chi connectivity index (χ2v) is 7.26. The Kier molecular flexibility index (Phi) is 5.48. The first-order chi connectivity index (χ1) is 12.4. The molecule has 2 aromatic heterocycles. The van der Waals surface area contributed by atoms with Crippen molar-refractivity contribution in [3.63, 3.8) is 0 Å². The molecule has 0 saturated carbocycles. The maximum Gasteiger partial charge on any atom is 0.290 e. The lowest BCUT2D eigenvalue weighted by Gasteiger charge is -2.24. The zero-order chi connectivity index (χ0) is 18.8. The van der Waals surface area contributed by atoms with Crippen molar-refractivity contribution in [2.24, 2.45) is 0 Å². The number of aryl methyl sites for hydroxylation is 1. The number of halogens is 2. The van der Waals surface area contributed by atoms with Gasteiger partial charge in [-0.25, -0.2) is 0 Å². The first kappa shape index (κ1) is 18.7. The zero-order valence-corrected chi connectivity index (χ0v) is 16.8. The van der Waals surface area contributed by atoms with E-state index in [0.717, 1.165) is 5.56 Å². The highest BCUT2D eigenvalue weighted by molar-refractivity contribution is 9.10. The molecule has 1 aromatic carbocycles. The monoisotopic (exact) mass is 437 g/mol. The van der Waals surface area contributed by atoms with Gasteiger partial charge in [0.05, 0.1) is 17.1 Å². The van der Waals surface area contributed by atoms with Gasteiger partial charge in [-0.3, -0.25) is 4.79 Å². The number of carbonyl (C=O) groups excluding carboxylic acids is 1. The minimum atomic E-state index is -0.235. The number of nitrogens with zero attached hydrogens (tertiary/aromatic N) is 3. The summed E-state index contributed by atoms with van der Waals surface area (Å²) in [7, 11) is 0. The van der Waals surface area contributed by atoms with Crippen LogP contribution in [0.25, 0.3) is 11.5 Å². The van der Waals surface area contributed by atoms with Crippen LogP contribution in [-0.4, -0.2) is 27.0 Å². The van der Waals surface area contributed by atoms with Gasteiger partial charge in [-0.05, 0) is 54.9 Å². The molecule has 0 bridgehead atoms. The van der Waals surface area contributed by atoms with Crippen molar-refractivity contribution < 1.29 is 13.6 Å². The van der Waals surface area contributed by atoms with Crippen LogP contribution in [0.2, 0.25) is 5.02 Å². The Morgan fingerprint density at radius 1 is 1.27 bits per heavy atom. The number of rotatable bonds is 5. The van der Waals surface area contributed by atoms with E-state index in [1.807, 2.05) is 32.9 Å². The van der Waals surface area contributed by atoms with E-state index in [1.165, 1.54) is 0 Å². The molecule has 0 radical (unpaired) electrons. The first-order valence-electron chi connectivity index (χ1n) is 8.01. The minimum absolute atomic E-state index is 0.0820. The molecular weight excluding hydrogens is 422 g/mol. The van der Waals surface area contributed by atoms with Gasteiger partial charge < -0.3 is 13.7 Å². The normalized spacial score (nSPS) is 11.2. The number of benzene rings is 1. The molecule has 0 N–H and O–H groups in total. The maximum absolute atomic E-state index is 12.9. The Hall–Kier alpha value is -2.12. The molecule has 3 rings (SSSR count). The number of amides is 1. The van der Waals surface area contributed by atoms with E-state index in [4.69, 9.17) is 20.4 Å². The van der Waals surface area contributed by atoms with Crippen molar-refractivity contribution in [1.82, 2.24) is 15.1 Å². The van der Waals surface area contributed by atoms with Crippen LogP contribution in [0.4, 0.5) is 0 Å². The van der Waals surface area contributed by atoms with Gasteiger partial charge in [0.25, 0.3) is 5.91 Å². The van der Waals surface area contributed by atoms with Gasteiger partial charge in [0.15, 0.2) is 10.4 Å². The van der Waals surface area contributed by atoms with Gasteiger partial charge in [0.1, 0.15) is 0 Å². The van der Waals surface area contributed by atoms with E-state index in [9.17, 15) is 4.79 Å². The first-order valence-corrected chi connectivity index (χ1v) is 9.18. The van der Waals surface area contributed by atoms with Gasteiger partial charge in [0, 0.05) is 11.6 Å². The van der Waals surface area contributed by atoms with Crippen LogP contribution in [0, 0.1) is 6.92 Å². The second kappa shape index (κ2) is 7.63. The molecule has 6 nitrogen and oxygen atoms in total. The summed E-state index contributed by atoms with van der Waals surface area (Å²) in [5.74, 6) is 0.695. The largest absolute Gasteiger partial charge is 0.444 e. The van der Waals surface area contributed by atoms with Crippen LogP contribution < -0.4 is 0 Å². The summed E-state index contributed by atoms with van der Waals surface area (Å²) >= 11 is 9.41. The molecule has 0 spiro atoms. The molecule has 0 unspecified atom stereocenters. The van der Waals surface area contributed by atoms with Crippen LogP contribution in [0.3, 0.4) is 0 Å². The topological polar surface area (TPSA) is 72.4 Å². The number of hydrogen-bond donors (Lipinski definition) is 0. The van der Waals surface area contributed by atoms with Gasteiger partial charge in [-0.15, -0.1) is 10.2 Å². The van der Waals surface area contributed by atoms with Crippen LogP contribution in [0.15, 0.2) is 43.8 Å². The molecule has 2 heterocycles. The van der Waals surface area contributed by atoms with Gasteiger partial charge >= 0.3 is 0 Å². The molecule has 0 aliphatic rings. The van der Waals surface area contributed by atoms with Crippen molar-refractivity contribution in [2.75, 3.05) is 0 Å². The Morgan fingerprint density at radius 3 is 2.62 bits per heavy atom. The molecule has 0 fully saturated rings. The third kappa shape index (κ3) is 3.83. The number of hydrogen-bond acceptors (Lipinski definition) is 5. The highest BCUT2D eigenvalue weighted by atomic mass is 79.9. The van der Waals surface area contributed by atoms with Crippen molar-refractivity contribution in [2.45, 2.75) is 33.4 Å². The maximum atomic E-state index is 12.9. The summed E-state index contributed by atoms with van der Waals surface area (Å²) in [6.45, 7) is 5.82. The number of aromatic nitrogens is 2. The SMILES string of the molecule is Cc1cc(Br)oc1C(=O)N(Cc1nnc(-c2ccccc2Cl)o1)C(C)C. The second-order valence-electron chi connectivity index (χ2n) is 6.07. The molecule has 0 saturated heterocycles. The number of carbonyl (C=O) groups is 1. The highest BCUT2D eigenvalue weighted by Crippen LogP contribution is 2.27. The average molecular weight is 439 g/mol. The van der Waals surface area contributed by atoms with Crippen molar-refractivity contribution in [3.05, 3.63) is 57.2 Å². The zero-order valence-electron chi connectivity index (χ0n) is 14.5. The molecule has 3 aromatic rings. The summed E-state index contributed by atoms with van der Waals surface area (Å²) in [6, 6.07) is 8.89. The third-order valence-corrected chi connectivity index (χ3v) is 4.56. The Balaban J connectivity index is 1.84. The standard InChI is InChI=1S/C18H17BrClN3O3/c1-10(2)23(18(24)16-11(3)8-14(19)25-16)9-15-21-22-17(26-15)12-6-4-5-7-13(12)20/h4-8,10H,9H2,1-3H3. The van der Waals surface area contributed by atoms with Crippen molar-refractivity contribution in [3.8, 4) is 11.5 Å². The predicted molar refractivity (Wildman–Crippen MR) is 101 cm³/mol. The van der Waals surface area contributed by atoms with Gasteiger partial charge in [-0.2, -0.15) is 0 Å². The van der Waals surface area contributed by atoms with E-state index in [2.05, 4.69) is 26.1 Å². The van der Waals surface area contributed by atoms with Crippen molar-refractivity contribution in [1.29, 1.82) is 0 Å². The molecular formula is C18H17BrClN3O3. The molecule has 8 heteroatoms. The van der Waals surface area contributed by atoms with Crippen LogP contribution in [0.5, 0.6) is 0 Å². The van der Waals surface area contributed by atoms with E-state index in [-0.39, 0.29) is 24.3 Å². The fraction of sp³-hybridized carbons (Fsp3) is 0.278. The third-order valence-electron chi connectivity index (χ3n) is 3.84. The molecule has 26 heavy (non-hydrogen) atoms. The lowest BCUT2D eigenvalue weighted by Crippen LogP contribution is -2.36. The van der Waals surface area contributed by atoms with Crippen LogP contribution in [0.1, 0.15) is 35.9 Å². The average Bonchev–Trinajstić information content (AvgIpc) is 3.18. The summed E-state index contributed by atoms with van der Waals surface area (Å²) in [5, 5.41) is 8.62. The Labute approximate surface area is 164 Å². The van der Waals surface area contributed by atoms with E-state index in [0.29, 0.717) is 27.0 Å². The molecule has 0 aliphatic heterocycles. The highest BCUT2D eigenvalue weighted by Gasteiger charge is 2.26. The van der Waals surface area contributed by atoms with E-state index in [1.54, 1.807) is 23.1 Å². The lowest BCUT2D eigenvalue weighted by molar-refractivity contribution is 0.0637. The number of furan rings is 1. The molecule has 0 aliphatic carbocycles. The summed E-state index contributed by atoms with van der Waals surface area (Å²) in [6.07, 6.45) is 0. The van der Waals surface area contributed by atoms with Crippen LogP contribution >= 0.6 is 27.5 Å². The summed E-state index contributed by atoms with van der Waals surface area (Å²) in [5.41, 5.74) is 1.41. The summed E-state index contributed by atoms with van der Waals surface area (Å²) < 4.78 is 11.7. The van der Waals surface area contributed by atoms with E-state index < -0.39 is 0 Å². The lowest BCUT2D eigenvalue weighted by atomic mass is 10.2. The molecule has 0 atom stereocenters. The van der Waals surface area contributed by atoms with Gasteiger partial charge in [0.2, 0.25) is 11.8 Å². The summed E-state index contributed by atoms with van der Waals surface area (Å²) in [4.78, 5) is 14.5. The van der Waals surface area contributed by atoms with Crippen LogP contribution in [-0.2, 0) is 6.54 Å². The van der Waals surface area contributed by atoms with Gasteiger partial charge in [-0.1, -0.05) is 23.7 Å². The predicted octanol–water partition coefficient (Wildman–Crippen LogP) is 5.10. The van der Waals surface area contributed by atoms with Crippen molar-refractivity contribution >= 4 is 33.4 Å². The van der Waals surface area contributed by atoms with E-state index >= 15 is 0 Å². The minimum Gasteiger partial charge on any atom is -0.444 e. The molecule has 1 amide bonds. The fourth-order valence-corrected chi connectivity index (χ4v) is 3.20. The molecule has 136 valence electrons. The Bertz CT molecular complexity index is 935. The Morgan fingerprint density at radius 2 is 2.00 bits per heavy atom. The quantitative estimate of drug-likeness (QED) is 0.554. The smallest absolute Gasteiger partial charge is 0.290 e. The fourth-order valence-electron chi connectivity index (χ4n) is 2.48.